The summed E-state index contributed by atoms with van der Waals surface area (Å²) < 4.78 is 7.14. The monoisotopic (exact) mass is 490 g/mol. The summed E-state index contributed by atoms with van der Waals surface area (Å²) in [5.41, 5.74) is 0.222. The van der Waals surface area contributed by atoms with Gasteiger partial charge in [-0.3, -0.25) is 9.59 Å². The molecular weight excluding hydrogens is 471 g/mol. The molecule has 0 radical (unpaired) electrons. The second-order valence-electron chi connectivity index (χ2n) is 7.53. The Morgan fingerprint density at radius 3 is 2.42 bits per heavy atom. The number of nitrogens with one attached hydrogen (secondary N) is 1. The molecule has 0 saturated carbocycles. The van der Waals surface area contributed by atoms with E-state index in [0.29, 0.717) is 5.75 Å². The van der Waals surface area contributed by atoms with E-state index in [0.717, 1.165) is 5.56 Å². The van der Waals surface area contributed by atoms with Gasteiger partial charge in [0.2, 0.25) is 0 Å². The van der Waals surface area contributed by atoms with Gasteiger partial charge >= 0.3 is 5.97 Å². The maximum Gasteiger partial charge on any atom is 0.325 e. The van der Waals surface area contributed by atoms with E-state index in [9.17, 15) is 20.0 Å². The first kappa shape index (κ1) is 24.2. The maximum absolute atomic E-state index is 12.5. The summed E-state index contributed by atoms with van der Waals surface area (Å²) in [6.07, 6.45) is 0.0228. The molecule has 0 bridgehead atoms. The van der Waals surface area contributed by atoms with Gasteiger partial charge in [-0.2, -0.15) is 5.26 Å². The molecule has 0 aliphatic heterocycles. The van der Waals surface area contributed by atoms with Gasteiger partial charge in [0.05, 0.1) is 22.0 Å². The highest BCUT2D eigenvalue weighted by atomic mass is 35.5. The van der Waals surface area contributed by atoms with Gasteiger partial charge in [0.15, 0.2) is 17.1 Å². The Labute approximate surface area is 199 Å². The average Bonchev–Trinajstić information content (AvgIpc) is 3.00. The number of fused-ring (bicyclic) bond motifs is 1. The van der Waals surface area contributed by atoms with Gasteiger partial charge in [0.1, 0.15) is 23.0 Å². The molecule has 2 heterocycles. The molecule has 33 heavy (non-hydrogen) atoms. The number of aliphatic carboxylic acids is 1. The van der Waals surface area contributed by atoms with Gasteiger partial charge in [-0.1, -0.05) is 35.3 Å². The number of benzene rings is 1. The Kier molecular flexibility index (Phi) is 7.01. The van der Waals surface area contributed by atoms with Crippen molar-refractivity contribution in [3.63, 3.8) is 0 Å². The minimum atomic E-state index is -1.28. The van der Waals surface area contributed by atoms with E-state index < -0.39 is 29.4 Å². The summed E-state index contributed by atoms with van der Waals surface area (Å²) in [7, 11) is 0. The standard InChI is InChI=1S/C22H20Cl2N4O5/c1-10(2)33-13-6-4-12(5-7-13)9-28-18-14(8-25)27-17(21(30)26-11(3)22(31)32)19(29)15(18)16(23)20(28)24/h4-7,10-11,29H,9H2,1-3H3,(H,26,30)(H,31,32)/t11-/m0/s1. The molecule has 0 unspecified atom stereocenters. The number of halogens is 2. The molecule has 3 rings (SSSR count). The lowest BCUT2D eigenvalue weighted by Gasteiger charge is -2.13. The number of aromatic nitrogens is 2. The number of hydrogen-bond acceptors (Lipinski definition) is 6. The van der Waals surface area contributed by atoms with Crippen LogP contribution in [0.1, 0.15) is 42.5 Å². The number of carboxylic acid groups (broad SMARTS) is 1. The van der Waals surface area contributed by atoms with E-state index in [1.54, 1.807) is 12.1 Å². The Balaban J connectivity index is 2.09. The smallest absolute Gasteiger partial charge is 0.325 e. The van der Waals surface area contributed by atoms with Crippen molar-refractivity contribution < 1.29 is 24.5 Å². The third-order valence-corrected chi connectivity index (χ3v) is 5.59. The van der Waals surface area contributed by atoms with Crippen molar-refractivity contribution in [3.8, 4) is 17.6 Å². The summed E-state index contributed by atoms with van der Waals surface area (Å²) in [4.78, 5) is 27.5. The van der Waals surface area contributed by atoms with Crippen molar-refractivity contribution in [3.05, 3.63) is 51.4 Å². The Morgan fingerprint density at radius 1 is 1.24 bits per heavy atom. The number of hydrogen-bond donors (Lipinski definition) is 3. The quantitative estimate of drug-likeness (QED) is 0.455. The van der Waals surface area contributed by atoms with Gasteiger partial charge in [-0.05, 0) is 38.5 Å². The number of carbonyl (C=O) groups excluding carboxylic acids is 1. The largest absolute Gasteiger partial charge is 0.505 e. The summed E-state index contributed by atoms with van der Waals surface area (Å²) in [6, 6.07) is 7.88. The fraction of sp³-hybridized carbons (Fsp3) is 0.273. The minimum Gasteiger partial charge on any atom is -0.505 e. The van der Waals surface area contributed by atoms with Crippen LogP contribution >= 0.6 is 23.2 Å². The summed E-state index contributed by atoms with van der Waals surface area (Å²) in [6.45, 7) is 5.28. The van der Waals surface area contributed by atoms with Crippen molar-refractivity contribution in [2.45, 2.75) is 39.5 Å². The molecule has 3 N–H and O–H groups in total. The van der Waals surface area contributed by atoms with Crippen LogP contribution in [0.4, 0.5) is 0 Å². The SMILES string of the molecule is CC(C)Oc1ccc(Cn2c(Cl)c(Cl)c3c(O)c(C(=O)N[C@@H](C)C(=O)O)nc(C#N)c32)cc1. The maximum atomic E-state index is 12.5. The molecule has 0 aliphatic carbocycles. The van der Waals surface area contributed by atoms with Crippen molar-refractivity contribution in [1.29, 1.82) is 5.26 Å². The zero-order chi connectivity index (χ0) is 24.4. The van der Waals surface area contributed by atoms with E-state index in [-0.39, 0.29) is 39.4 Å². The third kappa shape index (κ3) is 4.82. The molecule has 0 aliphatic rings. The van der Waals surface area contributed by atoms with Crippen LogP contribution in [0.3, 0.4) is 0 Å². The van der Waals surface area contributed by atoms with Crippen LogP contribution < -0.4 is 10.1 Å². The average molecular weight is 491 g/mol. The first-order valence-corrected chi connectivity index (χ1v) is 10.6. The Hall–Kier alpha value is -3.48. The lowest BCUT2D eigenvalue weighted by Crippen LogP contribution is -2.38. The Morgan fingerprint density at radius 2 is 1.88 bits per heavy atom. The van der Waals surface area contributed by atoms with Crippen LogP contribution in [0.25, 0.3) is 10.9 Å². The first-order valence-electron chi connectivity index (χ1n) is 9.84. The minimum absolute atomic E-state index is 0.0228. The van der Waals surface area contributed by atoms with Crippen LogP contribution in [0.15, 0.2) is 24.3 Å². The van der Waals surface area contributed by atoms with Gasteiger partial charge in [-0.25, -0.2) is 4.98 Å². The molecule has 11 heteroatoms. The summed E-state index contributed by atoms with van der Waals surface area (Å²) in [5.74, 6) is -2.16. The highest BCUT2D eigenvalue weighted by molar-refractivity contribution is 6.46. The molecule has 1 atom stereocenters. The fourth-order valence-electron chi connectivity index (χ4n) is 3.20. The third-order valence-electron chi connectivity index (χ3n) is 4.73. The van der Waals surface area contributed by atoms with Crippen LogP contribution in [0, 0.1) is 11.3 Å². The second kappa shape index (κ2) is 9.57. The van der Waals surface area contributed by atoms with Crippen LogP contribution in [0.2, 0.25) is 10.2 Å². The first-order chi connectivity index (χ1) is 15.5. The molecule has 172 valence electrons. The topological polar surface area (TPSA) is 137 Å². The number of amides is 1. The number of rotatable bonds is 7. The number of aromatic hydroxyl groups is 1. The number of nitrogens with zero attached hydrogens (tertiary/aromatic N) is 3. The molecule has 0 saturated heterocycles. The van der Waals surface area contributed by atoms with Crippen molar-refractivity contribution in [2.24, 2.45) is 0 Å². The number of pyridine rings is 1. The van der Waals surface area contributed by atoms with E-state index in [2.05, 4.69) is 10.3 Å². The highest BCUT2D eigenvalue weighted by Gasteiger charge is 2.28. The predicted octanol–water partition coefficient (Wildman–Crippen LogP) is 3.96. The zero-order valence-electron chi connectivity index (χ0n) is 17.9. The molecule has 0 fully saturated rings. The van der Waals surface area contributed by atoms with Crippen LogP contribution in [0.5, 0.6) is 11.5 Å². The van der Waals surface area contributed by atoms with Gasteiger partial charge in [-0.15, -0.1) is 0 Å². The van der Waals surface area contributed by atoms with E-state index in [1.807, 2.05) is 32.0 Å². The van der Waals surface area contributed by atoms with Crippen molar-refractivity contribution in [1.82, 2.24) is 14.9 Å². The second-order valence-corrected chi connectivity index (χ2v) is 8.26. The lowest BCUT2D eigenvalue weighted by molar-refractivity contribution is -0.138. The highest BCUT2D eigenvalue weighted by Crippen LogP contribution is 2.42. The fourth-order valence-corrected chi connectivity index (χ4v) is 3.72. The predicted molar refractivity (Wildman–Crippen MR) is 122 cm³/mol. The molecule has 3 aromatic rings. The molecule has 1 amide bonds. The summed E-state index contributed by atoms with van der Waals surface area (Å²) in [5, 5.41) is 31.6. The lowest BCUT2D eigenvalue weighted by atomic mass is 10.1. The normalized spacial score (nSPS) is 11.9. The van der Waals surface area contributed by atoms with Crippen molar-refractivity contribution >= 4 is 46.0 Å². The van der Waals surface area contributed by atoms with Crippen molar-refractivity contribution in [2.75, 3.05) is 0 Å². The van der Waals surface area contributed by atoms with E-state index >= 15 is 0 Å². The molecular formula is C22H20Cl2N4O5. The van der Waals surface area contributed by atoms with E-state index in [1.165, 1.54) is 11.5 Å². The summed E-state index contributed by atoms with van der Waals surface area (Å²) >= 11 is 12.8. The van der Waals surface area contributed by atoms with Gasteiger partial charge < -0.3 is 24.8 Å². The van der Waals surface area contributed by atoms with E-state index in [4.69, 9.17) is 33.0 Å². The Bertz CT molecular complexity index is 1280. The molecule has 9 nitrogen and oxygen atoms in total. The molecule has 0 spiro atoms. The van der Waals surface area contributed by atoms with Crippen LogP contribution in [-0.4, -0.2) is 43.8 Å². The molecule has 2 aromatic heterocycles. The number of ether oxygens (including phenoxy) is 1. The van der Waals surface area contributed by atoms with Gasteiger partial charge in [0.25, 0.3) is 5.91 Å². The van der Waals surface area contributed by atoms with Gasteiger partial charge in [0, 0.05) is 6.54 Å². The molecule has 1 aromatic carbocycles. The van der Waals surface area contributed by atoms with Crippen LogP contribution in [-0.2, 0) is 11.3 Å². The number of carbonyl (C=O) groups is 2. The number of nitriles is 1. The number of carboxylic acids is 1. The zero-order valence-corrected chi connectivity index (χ0v) is 19.4.